The van der Waals surface area contributed by atoms with Crippen LogP contribution in [0.4, 0.5) is 10.5 Å². The quantitative estimate of drug-likeness (QED) is 0.748. The van der Waals surface area contributed by atoms with Crippen molar-refractivity contribution in [3.63, 3.8) is 0 Å². The van der Waals surface area contributed by atoms with Crippen LogP contribution in [0.1, 0.15) is 12.0 Å². The van der Waals surface area contributed by atoms with E-state index in [2.05, 4.69) is 5.32 Å². The van der Waals surface area contributed by atoms with E-state index in [0.29, 0.717) is 28.0 Å². The van der Waals surface area contributed by atoms with E-state index in [1.54, 1.807) is 35.2 Å². The second kappa shape index (κ2) is 9.15. The second-order valence-electron chi connectivity index (χ2n) is 6.48. The van der Waals surface area contributed by atoms with Gasteiger partial charge in [-0.15, -0.1) is 0 Å². The van der Waals surface area contributed by atoms with Gasteiger partial charge in [0.1, 0.15) is 5.75 Å². The Kier molecular flexibility index (Phi) is 6.61. The summed E-state index contributed by atoms with van der Waals surface area (Å²) in [5.41, 5.74) is 1.13. The Bertz CT molecular complexity index is 951. The Morgan fingerprint density at radius 2 is 1.93 bits per heavy atom. The monoisotopic (exact) mass is 435 g/mol. The number of rotatable bonds is 6. The lowest BCUT2D eigenvalue weighted by Crippen LogP contribution is -2.49. The number of hydrogen-bond acceptors (Lipinski definition) is 4. The molecule has 0 spiro atoms. The van der Waals surface area contributed by atoms with Gasteiger partial charge < -0.3 is 15.0 Å². The standard InChI is InChI=1S/C20H19Cl2N3O4/c1-24-19(27)8-9-25(20(24)28)11-13-4-2-3-5-17(13)29-12-18(26)23-16-10-14(21)6-7-15(16)22/h2-7,10H,8-9,11-12H2,1H3,(H,23,26). The molecular formula is C20H19Cl2N3O4. The minimum Gasteiger partial charge on any atom is -0.483 e. The zero-order valence-corrected chi connectivity index (χ0v) is 17.2. The minimum atomic E-state index is -0.400. The summed E-state index contributed by atoms with van der Waals surface area (Å²) in [6.45, 7) is 0.366. The van der Waals surface area contributed by atoms with Crippen LogP contribution in [0.2, 0.25) is 10.0 Å². The van der Waals surface area contributed by atoms with Crippen molar-refractivity contribution in [1.82, 2.24) is 9.80 Å². The highest BCUT2D eigenvalue weighted by molar-refractivity contribution is 6.35. The van der Waals surface area contributed by atoms with E-state index in [-0.39, 0.29) is 31.5 Å². The van der Waals surface area contributed by atoms with Crippen LogP contribution in [0, 0.1) is 0 Å². The molecule has 29 heavy (non-hydrogen) atoms. The number of urea groups is 1. The van der Waals surface area contributed by atoms with Gasteiger partial charge in [-0.3, -0.25) is 14.5 Å². The third-order valence-electron chi connectivity index (χ3n) is 4.42. The molecule has 2 aromatic carbocycles. The molecule has 1 saturated heterocycles. The molecule has 0 unspecified atom stereocenters. The number of benzene rings is 2. The van der Waals surface area contributed by atoms with E-state index < -0.39 is 5.91 Å². The van der Waals surface area contributed by atoms with Gasteiger partial charge in [0.25, 0.3) is 5.91 Å². The Balaban J connectivity index is 1.63. The van der Waals surface area contributed by atoms with Gasteiger partial charge in [0.15, 0.2) is 6.61 Å². The number of halogens is 2. The van der Waals surface area contributed by atoms with Crippen molar-refractivity contribution in [2.45, 2.75) is 13.0 Å². The molecule has 1 aliphatic rings. The number of ether oxygens (including phenoxy) is 1. The van der Waals surface area contributed by atoms with Gasteiger partial charge in [0.05, 0.1) is 17.3 Å². The first-order chi connectivity index (χ1) is 13.8. The van der Waals surface area contributed by atoms with Gasteiger partial charge in [0, 0.05) is 30.6 Å². The predicted molar refractivity (Wildman–Crippen MR) is 110 cm³/mol. The minimum absolute atomic E-state index is 0.202. The largest absolute Gasteiger partial charge is 0.483 e. The van der Waals surface area contributed by atoms with Gasteiger partial charge >= 0.3 is 6.03 Å². The number of hydrogen-bond donors (Lipinski definition) is 1. The lowest BCUT2D eigenvalue weighted by Gasteiger charge is -2.32. The average Bonchev–Trinajstić information content (AvgIpc) is 2.70. The molecule has 2 aromatic rings. The second-order valence-corrected chi connectivity index (χ2v) is 7.32. The maximum atomic E-state index is 12.3. The maximum absolute atomic E-state index is 12.3. The molecule has 0 bridgehead atoms. The van der Waals surface area contributed by atoms with Gasteiger partial charge in [-0.2, -0.15) is 0 Å². The van der Waals surface area contributed by atoms with E-state index in [9.17, 15) is 14.4 Å². The topological polar surface area (TPSA) is 79.0 Å². The summed E-state index contributed by atoms with van der Waals surface area (Å²) in [4.78, 5) is 38.8. The zero-order valence-electron chi connectivity index (χ0n) is 15.7. The van der Waals surface area contributed by atoms with Crippen LogP contribution >= 0.6 is 23.2 Å². The van der Waals surface area contributed by atoms with Crippen LogP contribution in [-0.4, -0.2) is 47.8 Å². The lowest BCUT2D eigenvalue weighted by atomic mass is 10.1. The van der Waals surface area contributed by atoms with E-state index >= 15 is 0 Å². The highest BCUT2D eigenvalue weighted by Crippen LogP contribution is 2.26. The van der Waals surface area contributed by atoms with E-state index in [1.165, 1.54) is 7.05 Å². The fourth-order valence-corrected chi connectivity index (χ4v) is 3.20. The molecule has 4 amide bonds. The Labute approximate surface area is 178 Å². The molecule has 1 fully saturated rings. The van der Waals surface area contributed by atoms with Crippen LogP contribution in [-0.2, 0) is 16.1 Å². The van der Waals surface area contributed by atoms with Gasteiger partial charge in [-0.25, -0.2) is 4.79 Å². The van der Waals surface area contributed by atoms with Crippen LogP contribution in [0.25, 0.3) is 0 Å². The van der Waals surface area contributed by atoms with Crippen LogP contribution in [0.15, 0.2) is 42.5 Å². The number of nitrogens with one attached hydrogen (secondary N) is 1. The smallest absolute Gasteiger partial charge is 0.326 e. The molecule has 152 valence electrons. The Morgan fingerprint density at radius 3 is 2.72 bits per heavy atom. The summed E-state index contributed by atoms with van der Waals surface area (Å²) in [5.74, 6) is -0.123. The van der Waals surface area contributed by atoms with Crippen LogP contribution < -0.4 is 10.1 Å². The molecule has 0 aromatic heterocycles. The molecule has 0 aliphatic carbocycles. The number of nitrogens with zero attached hydrogens (tertiary/aromatic N) is 2. The molecule has 1 heterocycles. The molecule has 7 nitrogen and oxygen atoms in total. The molecule has 0 atom stereocenters. The van der Waals surface area contributed by atoms with Crippen LogP contribution in [0.5, 0.6) is 5.75 Å². The normalized spacial score (nSPS) is 14.2. The number of anilines is 1. The van der Waals surface area contributed by atoms with Gasteiger partial charge in [-0.1, -0.05) is 41.4 Å². The summed E-state index contributed by atoms with van der Waals surface area (Å²) >= 11 is 12.0. The van der Waals surface area contributed by atoms with Crippen molar-refractivity contribution >= 4 is 46.7 Å². The first-order valence-corrected chi connectivity index (χ1v) is 9.62. The summed E-state index contributed by atoms with van der Waals surface area (Å²) in [6.07, 6.45) is 0.272. The molecule has 3 rings (SSSR count). The number of amides is 4. The van der Waals surface area contributed by atoms with Crippen molar-refractivity contribution in [1.29, 1.82) is 0 Å². The third-order valence-corrected chi connectivity index (χ3v) is 4.99. The number of para-hydroxylation sites is 1. The van der Waals surface area contributed by atoms with Crippen molar-refractivity contribution < 1.29 is 19.1 Å². The van der Waals surface area contributed by atoms with Crippen molar-refractivity contribution in [2.24, 2.45) is 0 Å². The Morgan fingerprint density at radius 1 is 1.17 bits per heavy atom. The molecule has 0 saturated carbocycles. The van der Waals surface area contributed by atoms with Crippen LogP contribution in [0.3, 0.4) is 0 Å². The summed E-state index contributed by atoms with van der Waals surface area (Å²) < 4.78 is 5.66. The molecule has 1 aliphatic heterocycles. The molecule has 9 heteroatoms. The van der Waals surface area contributed by atoms with E-state index in [1.807, 2.05) is 12.1 Å². The highest BCUT2D eigenvalue weighted by Gasteiger charge is 2.29. The SMILES string of the molecule is CN1C(=O)CCN(Cc2ccccc2OCC(=O)Nc2cc(Cl)ccc2Cl)C1=O. The maximum Gasteiger partial charge on any atom is 0.326 e. The van der Waals surface area contributed by atoms with Gasteiger partial charge in [0.2, 0.25) is 5.91 Å². The predicted octanol–water partition coefficient (Wildman–Crippen LogP) is 3.80. The summed E-state index contributed by atoms with van der Waals surface area (Å²) in [7, 11) is 1.46. The molecular weight excluding hydrogens is 417 g/mol. The van der Waals surface area contributed by atoms with E-state index in [0.717, 1.165) is 10.5 Å². The molecule has 0 radical (unpaired) electrons. The summed E-state index contributed by atoms with van der Waals surface area (Å²) in [5, 5.41) is 3.47. The lowest BCUT2D eigenvalue weighted by molar-refractivity contribution is -0.129. The van der Waals surface area contributed by atoms with E-state index in [4.69, 9.17) is 27.9 Å². The first kappa shape index (κ1) is 21.0. The molecule has 1 N–H and O–H groups in total. The third kappa shape index (κ3) is 5.19. The number of carbonyl (C=O) groups is 3. The number of imide groups is 1. The fraction of sp³-hybridized carbons (Fsp3) is 0.250. The summed E-state index contributed by atoms with van der Waals surface area (Å²) in [6, 6.07) is 11.5. The average molecular weight is 436 g/mol. The highest BCUT2D eigenvalue weighted by atomic mass is 35.5. The first-order valence-electron chi connectivity index (χ1n) is 8.86. The van der Waals surface area contributed by atoms with Crippen molar-refractivity contribution in [2.75, 3.05) is 25.5 Å². The Hall–Kier alpha value is -2.77. The van der Waals surface area contributed by atoms with Gasteiger partial charge in [-0.05, 0) is 24.3 Å². The van der Waals surface area contributed by atoms with Crippen molar-refractivity contribution in [3.8, 4) is 5.75 Å². The number of carbonyl (C=O) groups excluding carboxylic acids is 3. The zero-order chi connectivity index (χ0) is 21.0. The fourth-order valence-electron chi connectivity index (χ4n) is 2.86. The van der Waals surface area contributed by atoms with Crippen molar-refractivity contribution in [3.05, 3.63) is 58.1 Å².